The summed E-state index contributed by atoms with van der Waals surface area (Å²) in [4.78, 5) is 16.3. The van der Waals surface area contributed by atoms with Crippen LogP contribution in [0.5, 0.6) is 0 Å². The van der Waals surface area contributed by atoms with E-state index < -0.39 is 0 Å². The van der Waals surface area contributed by atoms with Crippen LogP contribution in [0.4, 0.5) is 5.82 Å². The quantitative estimate of drug-likeness (QED) is 0.852. The average molecular weight is 253 g/mol. The van der Waals surface area contributed by atoms with Crippen molar-refractivity contribution in [3.63, 3.8) is 0 Å². The van der Waals surface area contributed by atoms with Crippen LogP contribution in [-0.4, -0.2) is 27.8 Å². The monoisotopic (exact) mass is 253 g/mol. The standard InChI is InChI=1S/C13H23N3O2/c1-12(2,3)16-7-6-14-10(11(16)18)15-8-13(4,5)9-17/h6-7,17H,8-9H2,1-5H3,(H,14,15). The van der Waals surface area contributed by atoms with Crippen LogP contribution in [0.1, 0.15) is 34.6 Å². The van der Waals surface area contributed by atoms with Gasteiger partial charge in [-0.15, -0.1) is 0 Å². The summed E-state index contributed by atoms with van der Waals surface area (Å²) in [5, 5.41) is 12.2. The molecule has 0 atom stereocenters. The number of hydrogen-bond donors (Lipinski definition) is 2. The first-order chi connectivity index (χ1) is 8.17. The first kappa shape index (κ1) is 14.7. The van der Waals surface area contributed by atoms with Gasteiger partial charge in [0.15, 0.2) is 5.82 Å². The van der Waals surface area contributed by atoms with Crippen LogP contribution in [0, 0.1) is 5.41 Å². The van der Waals surface area contributed by atoms with Gasteiger partial charge in [0.1, 0.15) is 0 Å². The van der Waals surface area contributed by atoms with Gasteiger partial charge in [0.25, 0.3) is 5.56 Å². The van der Waals surface area contributed by atoms with Crippen molar-refractivity contribution in [2.45, 2.75) is 40.2 Å². The van der Waals surface area contributed by atoms with E-state index in [4.69, 9.17) is 0 Å². The van der Waals surface area contributed by atoms with E-state index in [9.17, 15) is 9.90 Å². The van der Waals surface area contributed by atoms with Gasteiger partial charge in [-0.25, -0.2) is 4.98 Å². The molecule has 0 spiro atoms. The molecule has 0 aliphatic heterocycles. The van der Waals surface area contributed by atoms with Gasteiger partial charge in [-0.2, -0.15) is 0 Å². The highest BCUT2D eigenvalue weighted by molar-refractivity contribution is 5.31. The van der Waals surface area contributed by atoms with Crippen LogP contribution >= 0.6 is 0 Å². The molecule has 5 nitrogen and oxygen atoms in total. The number of aromatic nitrogens is 2. The highest BCUT2D eigenvalue weighted by atomic mass is 16.3. The van der Waals surface area contributed by atoms with Crippen molar-refractivity contribution in [1.29, 1.82) is 0 Å². The largest absolute Gasteiger partial charge is 0.396 e. The molecular formula is C13H23N3O2. The molecule has 18 heavy (non-hydrogen) atoms. The number of aliphatic hydroxyl groups excluding tert-OH is 1. The highest BCUT2D eigenvalue weighted by Gasteiger charge is 2.19. The topological polar surface area (TPSA) is 67.2 Å². The Kier molecular flexibility index (Phi) is 4.16. The summed E-state index contributed by atoms with van der Waals surface area (Å²) in [6, 6.07) is 0. The van der Waals surface area contributed by atoms with Crippen molar-refractivity contribution in [3.8, 4) is 0 Å². The SMILES string of the molecule is CC(C)(CO)CNc1nccn(C(C)(C)C)c1=O. The van der Waals surface area contributed by atoms with Crippen LogP contribution in [0.25, 0.3) is 0 Å². The molecule has 0 radical (unpaired) electrons. The fourth-order valence-electron chi connectivity index (χ4n) is 1.44. The van der Waals surface area contributed by atoms with E-state index in [1.54, 1.807) is 17.0 Å². The molecule has 5 heteroatoms. The van der Waals surface area contributed by atoms with Crippen molar-refractivity contribution < 1.29 is 5.11 Å². The lowest BCUT2D eigenvalue weighted by molar-refractivity contribution is 0.170. The molecule has 0 aliphatic carbocycles. The molecule has 0 aromatic carbocycles. The van der Waals surface area contributed by atoms with Gasteiger partial charge in [0.05, 0.1) is 0 Å². The van der Waals surface area contributed by atoms with Gasteiger partial charge in [0.2, 0.25) is 0 Å². The number of nitrogens with zero attached hydrogens (tertiary/aromatic N) is 2. The zero-order valence-electron chi connectivity index (χ0n) is 11.8. The smallest absolute Gasteiger partial charge is 0.293 e. The van der Waals surface area contributed by atoms with Crippen LogP contribution in [0.15, 0.2) is 17.2 Å². The number of nitrogens with one attached hydrogen (secondary N) is 1. The van der Waals surface area contributed by atoms with E-state index in [1.165, 1.54) is 0 Å². The third-order valence-electron chi connectivity index (χ3n) is 2.73. The molecule has 1 rings (SSSR count). The Morgan fingerprint density at radius 2 is 1.94 bits per heavy atom. The van der Waals surface area contributed by atoms with Gasteiger partial charge < -0.3 is 15.0 Å². The maximum atomic E-state index is 12.2. The van der Waals surface area contributed by atoms with Crippen LogP contribution in [0.2, 0.25) is 0 Å². The molecular weight excluding hydrogens is 230 g/mol. The molecule has 1 aromatic heterocycles. The van der Waals surface area contributed by atoms with Crippen LogP contribution in [0.3, 0.4) is 0 Å². The van der Waals surface area contributed by atoms with E-state index in [0.717, 1.165) is 0 Å². The van der Waals surface area contributed by atoms with Crippen LogP contribution < -0.4 is 10.9 Å². The highest BCUT2D eigenvalue weighted by Crippen LogP contribution is 2.14. The summed E-state index contributed by atoms with van der Waals surface area (Å²) in [6.45, 7) is 10.3. The van der Waals surface area contributed by atoms with E-state index in [-0.39, 0.29) is 23.1 Å². The van der Waals surface area contributed by atoms with Crippen LogP contribution in [-0.2, 0) is 5.54 Å². The fourth-order valence-corrected chi connectivity index (χ4v) is 1.44. The number of anilines is 1. The van der Waals surface area contributed by atoms with Crippen molar-refractivity contribution in [2.24, 2.45) is 5.41 Å². The van der Waals surface area contributed by atoms with E-state index >= 15 is 0 Å². The number of rotatable bonds is 4. The average Bonchev–Trinajstić information content (AvgIpc) is 2.26. The molecule has 1 heterocycles. The van der Waals surface area contributed by atoms with E-state index in [2.05, 4.69) is 10.3 Å². The predicted molar refractivity (Wildman–Crippen MR) is 72.8 cm³/mol. The third-order valence-corrected chi connectivity index (χ3v) is 2.73. The summed E-state index contributed by atoms with van der Waals surface area (Å²) in [6.07, 6.45) is 3.30. The second-order valence-corrected chi connectivity index (χ2v) is 6.30. The summed E-state index contributed by atoms with van der Waals surface area (Å²) in [5.74, 6) is 0.328. The molecule has 0 saturated heterocycles. The fraction of sp³-hybridized carbons (Fsp3) is 0.692. The lowest BCUT2D eigenvalue weighted by atomic mass is 9.95. The predicted octanol–water partition coefficient (Wildman–Crippen LogP) is 1.43. The molecule has 1 aromatic rings. The Balaban J connectivity index is 2.96. The van der Waals surface area contributed by atoms with Gasteiger partial charge >= 0.3 is 0 Å². The Hall–Kier alpha value is -1.36. The summed E-state index contributed by atoms with van der Waals surface area (Å²) < 4.78 is 1.65. The van der Waals surface area contributed by atoms with Crippen molar-refractivity contribution >= 4 is 5.82 Å². The van der Waals surface area contributed by atoms with Crippen molar-refractivity contribution in [1.82, 2.24) is 9.55 Å². The minimum Gasteiger partial charge on any atom is -0.396 e. The van der Waals surface area contributed by atoms with Gasteiger partial charge in [0, 0.05) is 36.5 Å². The van der Waals surface area contributed by atoms with E-state index in [0.29, 0.717) is 12.4 Å². The molecule has 102 valence electrons. The zero-order chi connectivity index (χ0) is 14.0. The maximum absolute atomic E-state index is 12.2. The van der Waals surface area contributed by atoms with Crippen molar-refractivity contribution in [3.05, 3.63) is 22.7 Å². The summed E-state index contributed by atoms with van der Waals surface area (Å²) in [7, 11) is 0. The maximum Gasteiger partial charge on any atom is 0.293 e. The van der Waals surface area contributed by atoms with Crippen molar-refractivity contribution in [2.75, 3.05) is 18.5 Å². The lowest BCUT2D eigenvalue weighted by Crippen LogP contribution is -2.36. The Labute approximate surface area is 108 Å². The van der Waals surface area contributed by atoms with Gasteiger partial charge in [-0.05, 0) is 20.8 Å². The first-order valence-electron chi connectivity index (χ1n) is 6.10. The molecule has 0 amide bonds. The first-order valence-corrected chi connectivity index (χ1v) is 6.10. The van der Waals surface area contributed by atoms with E-state index in [1.807, 2.05) is 34.6 Å². The number of aliphatic hydroxyl groups is 1. The van der Waals surface area contributed by atoms with Gasteiger partial charge in [-0.3, -0.25) is 4.79 Å². The Bertz CT molecular complexity index is 458. The summed E-state index contributed by atoms with van der Waals surface area (Å²) in [5.41, 5.74) is -0.696. The number of hydrogen-bond acceptors (Lipinski definition) is 4. The molecule has 0 bridgehead atoms. The minimum atomic E-state index is -0.281. The summed E-state index contributed by atoms with van der Waals surface area (Å²) >= 11 is 0. The lowest BCUT2D eigenvalue weighted by Gasteiger charge is -2.24. The van der Waals surface area contributed by atoms with Gasteiger partial charge in [-0.1, -0.05) is 13.8 Å². The minimum absolute atomic E-state index is 0.0558. The molecule has 2 N–H and O–H groups in total. The Morgan fingerprint density at radius 3 is 2.44 bits per heavy atom. The normalized spacial score (nSPS) is 12.6. The Morgan fingerprint density at radius 1 is 1.33 bits per heavy atom. The molecule has 0 aliphatic rings. The second-order valence-electron chi connectivity index (χ2n) is 6.30. The third kappa shape index (κ3) is 3.57. The molecule has 0 unspecified atom stereocenters. The second kappa shape index (κ2) is 5.10. The molecule has 0 fully saturated rings. The molecule has 0 saturated carbocycles. The zero-order valence-corrected chi connectivity index (χ0v) is 11.8.